The van der Waals surface area contributed by atoms with Crippen molar-refractivity contribution in [3.05, 3.63) is 234 Å². The van der Waals surface area contributed by atoms with Gasteiger partial charge in [-0.25, -0.2) is 0 Å². The molecule has 1 aromatic heterocycles. The van der Waals surface area contributed by atoms with Crippen LogP contribution in [0.3, 0.4) is 0 Å². The van der Waals surface area contributed by atoms with Gasteiger partial charge in [-0.3, -0.25) is 0 Å². The number of benzene rings is 9. The molecule has 9 aromatic carbocycles. The molecule has 2 aliphatic carbocycles. The van der Waals surface area contributed by atoms with Gasteiger partial charge in [0.2, 0.25) is 0 Å². The third-order valence-corrected chi connectivity index (χ3v) is 13.6. The molecule has 0 aliphatic heterocycles. The molecule has 2 aliphatic rings. The number of hydrogen-bond acceptors (Lipinski definition) is 2. The normalized spacial score (nSPS) is 13.1. The molecule has 1 heterocycles. The van der Waals surface area contributed by atoms with E-state index in [4.69, 9.17) is 0 Å². The largest absolute Gasteiger partial charge is 0.310 e. The van der Waals surface area contributed by atoms with Crippen LogP contribution >= 0.6 is 11.3 Å². The van der Waals surface area contributed by atoms with Gasteiger partial charge in [0.15, 0.2) is 0 Å². The molecule has 0 unspecified atom stereocenters. The van der Waals surface area contributed by atoms with Crippen molar-refractivity contribution in [1.29, 1.82) is 0 Å². The third-order valence-electron chi connectivity index (χ3n) is 12.3. The second-order valence-electron chi connectivity index (χ2n) is 15.2. The molecule has 0 amide bonds. The lowest BCUT2D eigenvalue weighted by molar-refractivity contribution is 0.812. The van der Waals surface area contributed by atoms with Crippen molar-refractivity contribution in [2.45, 2.75) is 5.41 Å². The maximum Gasteiger partial charge on any atom is 0.0819 e. The molecule has 0 saturated heterocycles. The Balaban J connectivity index is 1.000. The predicted octanol–water partition coefficient (Wildman–Crippen LogP) is 15.2. The van der Waals surface area contributed by atoms with Crippen molar-refractivity contribution in [2.75, 3.05) is 4.90 Å². The molecule has 1 nitrogen and oxygen atoms in total. The fraction of sp³-hybridized carbons (Fsp3) is 0.0182. The average molecular weight is 742 g/mol. The zero-order chi connectivity index (χ0) is 37.5. The molecule has 12 rings (SSSR count). The second kappa shape index (κ2) is 12.5. The van der Waals surface area contributed by atoms with Crippen LogP contribution in [0.1, 0.15) is 21.6 Å². The van der Waals surface area contributed by atoms with E-state index in [0.717, 1.165) is 17.1 Å². The number of anilines is 3. The SMILES string of the molecule is c1ccc(-c2ccc(N(c3ccc(-c4ccc5c(c4)C4(c6ccccc6-c6ccccc64)c4sc6ccccc6c4-5)cc3)c3ccc4ccccc4c3)cc2)cc1. The molecule has 57 heavy (non-hydrogen) atoms. The monoisotopic (exact) mass is 741 g/mol. The second-order valence-corrected chi connectivity index (χ2v) is 16.3. The number of thiophene rings is 1. The summed E-state index contributed by atoms with van der Waals surface area (Å²) < 4.78 is 1.35. The van der Waals surface area contributed by atoms with Gasteiger partial charge in [-0.2, -0.15) is 0 Å². The minimum Gasteiger partial charge on any atom is -0.310 e. The molecule has 0 saturated carbocycles. The van der Waals surface area contributed by atoms with Gasteiger partial charge in [0.05, 0.1) is 5.41 Å². The van der Waals surface area contributed by atoms with Gasteiger partial charge in [0.1, 0.15) is 0 Å². The highest BCUT2D eigenvalue weighted by atomic mass is 32.1. The summed E-state index contributed by atoms with van der Waals surface area (Å²) in [6.45, 7) is 0. The van der Waals surface area contributed by atoms with Crippen molar-refractivity contribution in [1.82, 2.24) is 0 Å². The molecular formula is C55H35NS. The maximum atomic E-state index is 2.49. The predicted molar refractivity (Wildman–Crippen MR) is 241 cm³/mol. The lowest BCUT2D eigenvalue weighted by Crippen LogP contribution is -2.24. The van der Waals surface area contributed by atoms with E-state index in [-0.39, 0.29) is 5.41 Å². The summed E-state index contributed by atoms with van der Waals surface area (Å²) in [5.41, 5.74) is 17.4. The van der Waals surface area contributed by atoms with Crippen molar-refractivity contribution >= 4 is 49.3 Å². The molecule has 10 aromatic rings. The van der Waals surface area contributed by atoms with E-state index >= 15 is 0 Å². The van der Waals surface area contributed by atoms with Crippen LogP contribution < -0.4 is 4.90 Å². The quantitative estimate of drug-likeness (QED) is 0.170. The smallest absolute Gasteiger partial charge is 0.0819 e. The molecule has 0 fully saturated rings. The summed E-state index contributed by atoms with van der Waals surface area (Å²) in [6, 6.07) is 78.4. The van der Waals surface area contributed by atoms with Gasteiger partial charge in [-0.05, 0) is 115 Å². The number of nitrogens with zero attached hydrogens (tertiary/aromatic N) is 1. The van der Waals surface area contributed by atoms with E-state index < -0.39 is 0 Å². The topological polar surface area (TPSA) is 3.24 Å². The van der Waals surface area contributed by atoms with E-state index in [1.807, 2.05) is 11.3 Å². The minimum absolute atomic E-state index is 0.365. The first-order chi connectivity index (χ1) is 28.3. The molecule has 0 bridgehead atoms. The molecule has 0 N–H and O–H groups in total. The summed E-state index contributed by atoms with van der Waals surface area (Å²) in [7, 11) is 0. The first-order valence-corrected chi connectivity index (χ1v) is 20.5. The summed E-state index contributed by atoms with van der Waals surface area (Å²) in [4.78, 5) is 3.81. The molecule has 266 valence electrons. The van der Waals surface area contributed by atoms with Gasteiger partial charge in [-0.1, -0.05) is 164 Å². The van der Waals surface area contributed by atoms with Crippen molar-refractivity contribution in [3.63, 3.8) is 0 Å². The van der Waals surface area contributed by atoms with Gasteiger partial charge in [-0.15, -0.1) is 11.3 Å². The Morgan fingerprint density at radius 2 is 0.895 bits per heavy atom. The highest BCUT2D eigenvalue weighted by molar-refractivity contribution is 7.20. The first-order valence-electron chi connectivity index (χ1n) is 19.7. The summed E-state index contributed by atoms with van der Waals surface area (Å²) >= 11 is 1.96. The fourth-order valence-corrected chi connectivity index (χ4v) is 11.2. The molecule has 0 atom stereocenters. The summed E-state index contributed by atoms with van der Waals surface area (Å²) in [5, 5.41) is 3.81. The lowest BCUT2D eigenvalue weighted by Gasteiger charge is -2.29. The Kier molecular flexibility index (Phi) is 7.08. The van der Waals surface area contributed by atoms with Crippen LogP contribution in [0.2, 0.25) is 0 Å². The zero-order valence-corrected chi connectivity index (χ0v) is 31.9. The van der Waals surface area contributed by atoms with E-state index in [1.54, 1.807) is 0 Å². The Labute approximate surface area is 336 Å². The molecule has 1 spiro atoms. The molecular weight excluding hydrogens is 707 g/mol. The van der Waals surface area contributed by atoms with Gasteiger partial charge in [0.25, 0.3) is 0 Å². The van der Waals surface area contributed by atoms with E-state index in [0.29, 0.717) is 0 Å². The van der Waals surface area contributed by atoms with Crippen LogP contribution in [0, 0.1) is 0 Å². The number of fused-ring (bicyclic) bond motifs is 13. The van der Waals surface area contributed by atoms with Gasteiger partial charge < -0.3 is 4.90 Å². The fourth-order valence-electron chi connectivity index (χ4n) is 9.72. The van der Waals surface area contributed by atoms with Crippen LogP contribution in [0.5, 0.6) is 0 Å². The maximum absolute atomic E-state index is 2.49. The number of rotatable bonds is 5. The minimum atomic E-state index is -0.365. The molecule has 0 radical (unpaired) electrons. The Bertz CT molecular complexity index is 3130. The summed E-state index contributed by atoms with van der Waals surface area (Å²) in [6.07, 6.45) is 0. The van der Waals surface area contributed by atoms with Crippen molar-refractivity contribution < 1.29 is 0 Å². The first kappa shape index (κ1) is 32.3. The van der Waals surface area contributed by atoms with Crippen molar-refractivity contribution in [2.24, 2.45) is 0 Å². The number of hydrogen-bond donors (Lipinski definition) is 0. The Morgan fingerprint density at radius 3 is 1.61 bits per heavy atom. The van der Waals surface area contributed by atoms with Crippen LogP contribution in [0.4, 0.5) is 17.1 Å². The van der Waals surface area contributed by atoms with E-state index in [2.05, 4.69) is 217 Å². The summed E-state index contributed by atoms with van der Waals surface area (Å²) in [5.74, 6) is 0. The van der Waals surface area contributed by atoms with Gasteiger partial charge in [0, 0.05) is 37.6 Å². The zero-order valence-electron chi connectivity index (χ0n) is 31.1. The lowest BCUT2D eigenvalue weighted by atomic mass is 9.73. The van der Waals surface area contributed by atoms with Crippen LogP contribution in [0.15, 0.2) is 212 Å². The van der Waals surface area contributed by atoms with Gasteiger partial charge >= 0.3 is 0 Å². The Hall–Kier alpha value is -7.00. The molecule has 2 heteroatoms. The third kappa shape index (κ3) is 4.75. The highest BCUT2D eigenvalue weighted by Crippen LogP contribution is 2.66. The average Bonchev–Trinajstić information content (AvgIpc) is 3.91. The van der Waals surface area contributed by atoms with Crippen molar-refractivity contribution in [3.8, 4) is 44.5 Å². The van der Waals surface area contributed by atoms with Crippen LogP contribution in [0.25, 0.3) is 65.4 Å². The standard InChI is InChI=1S/C55H35NS/c1-2-12-36(13-3-1)38-22-28-42(29-23-38)56(44-32-26-37-14-4-5-15-40(37)34-44)43-30-24-39(25-31-43)41-27-33-47-51(35-41)55(54-53(47)48-18-8-11-21-52(48)57-54)49-19-9-6-16-45(49)46-17-7-10-20-50(46)55/h1-35H. The van der Waals surface area contributed by atoms with Crippen LogP contribution in [-0.2, 0) is 5.41 Å². The van der Waals surface area contributed by atoms with E-state index in [9.17, 15) is 0 Å². The Morgan fingerprint density at radius 1 is 0.351 bits per heavy atom. The van der Waals surface area contributed by atoms with Crippen LogP contribution in [-0.4, -0.2) is 0 Å². The van der Waals surface area contributed by atoms with E-state index in [1.165, 1.54) is 86.9 Å². The highest BCUT2D eigenvalue weighted by Gasteiger charge is 2.53.